The van der Waals surface area contributed by atoms with E-state index in [1.165, 1.54) is 12.1 Å². The third kappa shape index (κ3) is 5.79. The summed E-state index contributed by atoms with van der Waals surface area (Å²) >= 11 is 9.39. The number of anilines is 1. The van der Waals surface area contributed by atoms with Crippen molar-refractivity contribution in [1.82, 2.24) is 5.32 Å². The second-order valence-corrected chi connectivity index (χ2v) is 8.49. The Morgan fingerprint density at radius 1 is 1.11 bits per heavy atom. The lowest BCUT2D eigenvalue weighted by atomic mass is 10.1. The molecule has 0 spiro atoms. The number of carbonyl (C=O) groups excluding carboxylic acids is 3. The summed E-state index contributed by atoms with van der Waals surface area (Å²) in [6, 6.07) is 4.08. The molecule has 7 nitrogen and oxygen atoms in total. The Labute approximate surface area is 211 Å². The predicted molar refractivity (Wildman–Crippen MR) is 127 cm³/mol. The second kappa shape index (κ2) is 10.7. The summed E-state index contributed by atoms with van der Waals surface area (Å²) in [7, 11) is 0. The quantitative estimate of drug-likeness (QED) is 0.325. The molecule has 1 aliphatic rings. The minimum atomic E-state index is -4.74. The Morgan fingerprint density at radius 3 is 2.46 bits per heavy atom. The Bertz CT molecular complexity index is 1220. The summed E-state index contributed by atoms with van der Waals surface area (Å²) in [5, 5.41) is 1.68. The molecule has 0 unspecified atom stereocenters. The average Bonchev–Trinajstić information content (AvgIpc) is 2.76. The Hall–Kier alpha value is -3.05. The van der Waals surface area contributed by atoms with Crippen LogP contribution in [0.15, 0.2) is 40.4 Å². The number of urea groups is 1. The van der Waals surface area contributed by atoms with Crippen LogP contribution in [0.2, 0.25) is 5.02 Å². The molecule has 12 heteroatoms. The highest BCUT2D eigenvalue weighted by Gasteiger charge is 2.39. The maximum atomic E-state index is 13.2. The molecule has 0 atom stereocenters. The van der Waals surface area contributed by atoms with Crippen molar-refractivity contribution >= 4 is 57.1 Å². The van der Waals surface area contributed by atoms with Crippen LogP contribution in [-0.4, -0.2) is 31.1 Å². The van der Waals surface area contributed by atoms with Crippen molar-refractivity contribution in [1.29, 1.82) is 0 Å². The van der Waals surface area contributed by atoms with Crippen molar-refractivity contribution in [2.75, 3.05) is 18.1 Å². The lowest BCUT2D eigenvalue weighted by Crippen LogP contribution is -2.54. The van der Waals surface area contributed by atoms with Gasteiger partial charge in [-0.15, -0.1) is 0 Å². The van der Waals surface area contributed by atoms with Crippen LogP contribution in [0.4, 0.5) is 23.7 Å². The maximum absolute atomic E-state index is 13.2. The van der Waals surface area contributed by atoms with Crippen LogP contribution in [0, 0.1) is 0 Å². The monoisotopic (exact) mass is 574 g/mol. The van der Waals surface area contributed by atoms with Crippen molar-refractivity contribution in [3.8, 4) is 11.5 Å². The van der Waals surface area contributed by atoms with Gasteiger partial charge in [-0.2, -0.15) is 13.2 Å². The van der Waals surface area contributed by atoms with Gasteiger partial charge in [0.05, 0.1) is 34.0 Å². The minimum absolute atomic E-state index is 0.283. The van der Waals surface area contributed by atoms with E-state index in [4.69, 9.17) is 21.1 Å². The molecule has 2 aromatic carbocycles. The normalized spacial score (nSPS) is 15.5. The fourth-order valence-electron chi connectivity index (χ4n) is 3.18. The van der Waals surface area contributed by atoms with Gasteiger partial charge in [0.15, 0.2) is 11.5 Å². The topological polar surface area (TPSA) is 84.9 Å². The molecule has 0 aliphatic carbocycles. The van der Waals surface area contributed by atoms with Gasteiger partial charge in [0.1, 0.15) is 5.57 Å². The van der Waals surface area contributed by atoms with Crippen molar-refractivity contribution in [2.45, 2.75) is 26.4 Å². The number of hydrogen-bond donors (Lipinski definition) is 1. The Morgan fingerprint density at radius 2 is 1.83 bits per heavy atom. The van der Waals surface area contributed by atoms with Gasteiger partial charge in [-0.1, -0.05) is 18.5 Å². The summed E-state index contributed by atoms with van der Waals surface area (Å²) in [6.45, 7) is 4.44. The SMILES string of the molecule is CCCOc1c(Br)cc(/C=C2\C(=O)NC(=O)N(c3cc(C(F)(F)F)ccc3Cl)C2=O)cc1OCC. The van der Waals surface area contributed by atoms with Crippen LogP contribution in [0.25, 0.3) is 6.08 Å². The van der Waals surface area contributed by atoms with E-state index in [2.05, 4.69) is 15.9 Å². The first-order valence-corrected chi connectivity index (χ1v) is 11.5. The van der Waals surface area contributed by atoms with Gasteiger partial charge in [0.2, 0.25) is 0 Å². The lowest BCUT2D eigenvalue weighted by Gasteiger charge is -2.27. The van der Waals surface area contributed by atoms with E-state index in [-0.39, 0.29) is 5.02 Å². The molecule has 1 aliphatic heterocycles. The van der Waals surface area contributed by atoms with Crippen LogP contribution >= 0.6 is 27.5 Å². The first-order valence-electron chi connectivity index (χ1n) is 10.3. The number of nitrogens with zero attached hydrogens (tertiary/aromatic N) is 1. The zero-order chi connectivity index (χ0) is 25.9. The van der Waals surface area contributed by atoms with Crippen LogP contribution in [0.3, 0.4) is 0 Å². The molecular formula is C23H19BrClF3N2O5. The van der Waals surface area contributed by atoms with Crippen molar-refractivity contribution < 1.29 is 37.0 Å². The zero-order valence-electron chi connectivity index (χ0n) is 18.5. The first kappa shape index (κ1) is 26.6. The number of halogens is 5. The standard InChI is InChI=1S/C23H19BrClF3N2O5/c1-3-7-35-19-15(24)9-12(10-18(19)34-4-2)8-14-20(31)29-22(33)30(21(14)32)17-11-13(23(26,27)28)5-6-16(17)25/h5-6,8-11H,3-4,7H2,1-2H3,(H,29,31,33)/b14-8+. The summed E-state index contributed by atoms with van der Waals surface area (Å²) in [5.41, 5.74) is -1.78. The van der Waals surface area contributed by atoms with Crippen LogP contribution in [0.5, 0.6) is 11.5 Å². The third-order valence-electron chi connectivity index (χ3n) is 4.71. The summed E-state index contributed by atoms with van der Waals surface area (Å²) in [5.74, 6) is -1.37. The van der Waals surface area contributed by atoms with Gasteiger partial charge in [-0.25, -0.2) is 9.69 Å². The highest BCUT2D eigenvalue weighted by molar-refractivity contribution is 9.10. The van der Waals surface area contributed by atoms with Crippen molar-refractivity contribution in [2.24, 2.45) is 0 Å². The molecule has 35 heavy (non-hydrogen) atoms. The molecule has 1 heterocycles. The number of carbonyl (C=O) groups is 3. The molecule has 1 N–H and O–H groups in total. The van der Waals surface area contributed by atoms with Gasteiger partial charge in [0, 0.05) is 0 Å². The number of amides is 4. The number of nitrogens with one attached hydrogen (secondary N) is 1. The third-order valence-corrected chi connectivity index (χ3v) is 5.62. The average molecular weight is 576 g/mol. The molecule has 0 bridgehead atoms. The Kier molecular flexibility index (Phi) is 8.11. The maximum Gasteiger partial charge on any atom is 0.416 e. The summed E-state index contributed by atoms with van der Waals surface area (Å²) in [4.78, 5) is 38.4. The van der Waals surface area contributed by atoms with E-state index in [0.717, 1.165) is 18.6 Å². The van der Waals surface area contributed by atoms with E-state index in [1.807, 2.05) is 12.2 Å². The number of hydrogen-bond acceptors (Lipinski definition) is 5. The number of ether oxygens (including phenoxy) is 2. The molecule has 2 aromatic rings. The van der Waals surface area contributed by atoms with Gasteiger partial charge in [-0.05, 0) is 71.2 Å². The minimum Gasteiger partial charge on any atom is -0.490 e. The molecule has 0 radical (unpaired) electrons. The van der Waals surface area contributed by atoms with Crippen molar-refractivity contribution in [3.63, 3.8) is 0 Å². The number of rotatable bonds is 7. The molecule has 4 amide bonds. The van der Waals surface area contributed by atoms with E-state index < -0.39 is 40.8 Å². The first-order chi connectivity index (χ1) is 16.5. The smallest absolute Gasteiger partial charge is 0.416 e. The molecule has 186 valence electrons. The van der Waals surface area contributed by atoms with E-state index in [0.29, 0.717) is 45.7 Å². The van der Waals surface area contributed by atoms with E-state index in [1.54, 1.807) is 13.0 Å². The molecule has 3 rings (SSSR count). The lowest BCUT2D eigenvalue weighted by molar-refractivity contribution is -0.137. The molecule has 0 aromatic heterocycles. The predicted octanol–water partition coefficient (Wildman–Crippen LogP) is 5.98. The number of barbiturate groups is 1. The van der Waals surface area contributed by atoms with Crippen LogP contribution < -0.4 is 19.7 Å². The van der Waals surface area contributed by atoms with Gasteiger partial charge >= 0.3 is 12.2 Å². The number of benzene rings is 2. The van der Waals surface area contributed by atoms with Gasteiger partial charge < -0.3 is 9.47 Å². The van der Waals surface area contributed by atoms with Gasteiger partial charge in [0.25, 0.3) is 11.8 Å². The van der Waals surface area contributed by atoms with E-state index >= 15 is 0 Å². The van der Waals surface area contributed by atoms with E-state index in [9.17, 15) is 27.6 Å². The molecule has 1 saturated heterocycles. The van der Waals surface area contributed by atoms with Gasteiger partial charge in [-0.3, -0.25) is 14.9 Å². The second-order valence-electron chi connectivity index (χ2n) is 7.23. The number of alkyl halides is 3. The van der Waals surface area contributed by atoms with Crippen molar-refractivity contribution in [3.05, 3.63) is 56.5 Å². The highest BCUT2D eigenvalue weighted by atomic mass is 79.9. The Balaban J connectivity index is 2.07. The highest BCUT2D eigenvalue weighted by Crippen LogP contribution is 2.39. The molecule has 1 fully saturated rings. The zero-order valence-corrected chi connectivity index (χ0v) is 20.8. The fourth-order valence-corrected chi connectivity index (χ4v) is 3.96. The van der Waals surface area contributed by atoms with Crippen LogP contribution in [0.1, 0.15) is 31.4 Å². The molecule has 0 saturated carbocycles. The largest absolute Gasteiger partial charge is 0.490 e. The fraction of sp³-hybridized carbons (Fsp3) is 0.261. The summed E-state index contributed by atoms with van der Waals surface area (Å²) < 4.78 is 51.4. The summed E-state index contributed by atoms with van der Waals surface area (Å²) in [6.07, 6.45) is -2.80. The van der Waals surface area contributed by atoms with Crippen LogP contribution in [-0.2, 0) is 15.8 Å². The molecular weight excluding hydrogens is 557 g/mol. The number of imide groups is 2.